The van der Waals surface area contributed by atoms with Crippen LogP contribution in [0.2, 0.25) is 0 Å². The van der Waals surface area contributed by atoms with Crippen LogP contribution >= 0.6 is 0 Å². The molecule has 1 aromatic heterocycles. The third kappa shape index (κ3) is 2.83. The monoisotopic (exact) mass is 242 g/mol. The Morgan fingerprint density at radius 3 is 3.06 bits per heavy atom. The van der Waals surface area contributed by atoms with Gasteiger partial charge in [-0.2, -0.15) is 10.2 Å². The van der Waals surface area contributed by atoms with Crippen LogP contribution in [-0.2, 0) is 6.42 Å². The van der Waals surface area contributed by atoms with Crippen LogP contribution < -0.4 is 5.32 Å². The molecule has 0 aliphatic heterocycles. The Morgan fingerprint density at radius 1 is 1.50 bits per heavy atom. The normalized spacial score (nSPS) is 17.7. The Hall–Kier alpha value is -1.97. The van der Waals surface area contributed by atoms with Gasteiger partial charge in [0.1, 0.15) is 0 Å². The lowest BCUT2D eigenvalue weighted by Gasteiger charge is -2.16. The molecule has 1 aliphatic carbocycles. The maximum atomic E-state index is 7.49. The van der Waals surface area contributed by atoms with Gasteiger partial charge in [0.2, 0.25) is 0 Å². The molecule has 0 saturated heterocycles. The van der Waals surface area contributed by atoms with Crippen LogP contribution in [0.25, 0.3) is 0 Å². The van der Waals surface area contributed by atoms with Crippen molar-refractivity contribution in [3.8, 4) is 0 Å². The van der Waals surface area contributed by atoms with Gasteiger partial charge in [0.25, 0.3) is 0 Å². The van der Waals surface area contributed by atoms with E-state index in [-0.39, 0.29) is 0 Å². The topological polar surface area (TPSA) is 61.7 Å². The Kier molecular flexibility index (Phi) is 4.23. The van der Waals surface area contributed by atoms with Crippen molar-refractivity contribution < 1.29 is 0 Å². The lowest BCUT2D eigenvalue weighted by Crippen LogP contribution is -2.15. The Balaban J connectivity index is 2.06. The van der Waals surface area contributed by atoms with Crippen LogP contribution in [-0.4, -0.2) is 23.0 Å². The highest BCUT2D eigenvalue weighted by Gasteiger charge is 2.09. The molecule has 0 saturated carbocycles. The fourth-order valence-corrected chi connectivity index (χ4v) is 2.02. The average Bonchev–Trinajstić information content (AvgIpc) is 2.45. The Morgan fingerprint density at radius 2 is 2.39 bits per heavy atom. The van der Waals surface area contributed by atoms with Gasteiger partial charge < -0.3 is 10.7 Å². The summed E-state index contributed by atoms with van der Waals surface area (Å²) in [5.41, 5.74) is 2.62. The molecular weight excluding hydrogens is 224 g/mol. The molecule has 0 fully saturated rings. The molecule has 0 radical (unpaired) electrons. The summed E-state index contributed by atoms with van der Waals surface area (Å²) in [7, 11) is 0. The van der Waals surface area contributed by atoms with Gasteiger partial charge in [-0.1, -0.05) is 31.2 Å². The van der Waals surface area contributed by atoms with Gasteiger partial charge >= 0.3 is 0 Å². The van der Waals surface area contributed by atoms with Gasteiger partial charge in [-0.25, -0.2) is 0 Å². The fourth-order valence-electron chi connectivity index (χ4n) is 2.02. The number of allylic oxidation sites excluding steroid dienone is 3. The third-order valence-electron chi connectivity index (χ3n) is 3.07. The van der Waals surface area contributed by atoms with Gasteiger partial charge in [0.05, 0.1) is 17.6 Å². The van der Waals surface area contributed by atoms with E-state index >= 15 is 0 Å². The Bertz CT molecular complexity index is 477. The number of rotatable bonds is 5. The zero-order chi connectivity index (χ0) is 12.8. The molecule has 2 rings (SSSR count). The standard InChI is InChI=1S/C14H18N4/c1-2-13-12(8-15)14(10-17-18-13)16-9-11-6-4-3-5-7-11/h3-6,8,10-11,15H,2,7,9H2,1H3,(H,16,18). The summed E-state index contributed by atoms with van der Waals surface area (Å²) in [6.07, 6.45) is 13.4. The van der Waals surface area contributed by atoms with Crippen LogP contribution in [0.3, 0.4) is 0 Å². The Labute approximate surface area is 107 Å². The maximum absolute atomic E-state index is 7.49. The zero-order valence-electron chi connectivity index (χ0n) is 10.6. The summed E-state index contributed by atoms with van der Waals surface area (Å²) in [5.74, 6) is 0.506. The van der Waals surface area contributed by atoms with Gasteiger partial charge in [-0.15, -0.1) is 0 Å². The molecule has 0 bridgehead atoms. The van der Waals surface area contributed by atoms with Gasteiger partial charge in [-0.05, 0) is 18.8 Å². The predicted octanol–water partition coefficient (Wildman–Crippen LogP) is 2.58. The van der Waals surface area contributed by atoms with Crippen molar-refractivity contribution in [2.24, 2.45) is 5.92 Å². The summed E-state index contributed by atoms with van der Waals surface area (Å²) in [4.78, 5) is 0. The molecule has 4 heteroatoms. The molecule has 1 aromatic rings. The zero-order valence-corrected chi connectivity index (χ0v) is 10.6. The first-order valence-electron chi connectivity index (χ1n) is 6.27. The van der Waals surface area contributed by atoms with E-state index in [9.17, 15) is 0 Å². The van der Waals surface area contributed by atoms with Gasteiger partial charge in [-0.3, -0.25) is 0 Å². The van der Waals surface area contributed by atoms with Crippen LogP contribution in [0.4, 0.5) is 5.69 Å². The molecular formula is C14H18N4. The van der Waals surface area contributed by atoms with E-state index < -0.39 is 0 Å². The van der Waals surface area contributed by atoms with Crippen molar-refractivity contribution >= 4 is 11.9 Å². The number of hydrogen-bond donors (Lipinski definition) is 2. The quantitative estimate of drug-likeness (QED) is 0.780. The summed E-state index contributed by atoms with van der Waals surface area (Å²) in [6, 6.07) is 0. The van der Waals surface area contributed by atoms with E-state index in [0.29, 0.717) is 5.92 Å². The van der Waals surface area contributed by atoms with E-state index in [1.54, 1.807) is 6.20 Å². The highest BCUT2D eigenvalue weighted by Crippen LogP contribution is 2.17. The molecule has 1 aliphatic rings. The van der Waals surface area contributed by atoms with E-state index in [1.165, 1.54) is 6.21 Å². The minimum Gasteiger partial charge on any atom is -0.383 e. The molecule has 2 N–H and O–H groups in total. The highest BCUT2D eigenvalue weighted by atomic mass is 15.1. The van der Waals surface area contributed by atoms with Crippen molar-refractivity contribution in [1.29, 1.82) is 5.41 Å². The largest absolute Gasteiger partial charge is 0.383 e. The number of aryl methyl sites for hydroxylation is 1. The number of hydrogen-bond acceptors (Lipinski definition) is 4. The van der Waals surface area contributed by atoms with Crippen LogP contribution in [0, 0.1) is 11.3 Å². The van der Waals surface area contributed by atoms with Gasteiger partial charge in [0.15, 0.2) is 0 Å². The SMILES string of the molecule is CCc1nncc(NCC2C=CC=CC2)c1C=N. The number of anilines is 1. The average molecular weight is 242 g/mol. The first kappa shape index (κ1) is 12.5. The van der Waals surface area contributed by atoms with E-state index in [1.807, 2.05) is 6.92 Å². The molecule has 1 unspecified atom stereocenters. The summed E-state index contributed by atoms with van der Waals surface area (Å²) in [5, 5.41) is 18.9. The van der Waals surface area contributed by atoms with Crippen molar-refractivity contribution in [2.45, 2.75) is 19.8 Å². The molecule has 0 aromatic carbocycles. The van der Waals surface area contributed by atoms with E-state index in [4.69, 9.17) is 5.41 Å². The lowest BCUT2D eigenvalue weighted by molar-refractivity contribution is 0.691. The van der Waals surface area contributed by atoms with Crippen LogP contribution in [0.1, 0.15) is 24.6 Å². The number of nitrogens with zero attached hydrogens (tertiary/aromatic N) is 2. The second-order valence-electron chi connectivity index (χ2n) is 4.31. The van der Waals surface area contributed by atoms with Crippen molar-refractivity contribution in [1.82, 2.24) is 10.2 Å². The summed E-state index contributed by atoms with van der Waals surface area (Å²) < 4.78 is 0. The molecule has 94 valence electrons. The lowest BCUT2D eigenvalue weighted by atomic mass is 10.0. The van der Waals surface area contributed by atoms with E-state index in [2.05, 4.69) is 39.8 Å². The minimum atomic E-state index is 0.506. The molecule has 0 spiro atoms. The maximum Gasteiger partial charge on any atom is 0.0736 e. The number of nitrogens with one attached hydrogen (secondary N) is 2. The fraction of sp³-hybridized carbons (Fsp3) is 0.357. The molecule has 4 nitrogen and oxygen atoms in total. The molecule has 18 heavy (non-hydrogen) atoms. The van der Waals surface area contributed by atoms with Crippen LogP contribution in [0.15, 0.2) is 30.5 Å². The van der Waals surface area contributed by atoms with E-state index in [0.717, 1.165) is 36.3 Å². The smallest absolute Gasteiger partial charge is 0.0736 e. The number of aromatic nitrogens is 2. The second kappa shape index (κ2) is 6.10. The summed E-state index contributed by atoms with van der Waals surface area (Å²) in [6.45, 7) is 2.88. The van der Waals surface area contributed by atoms with Gasteiger partial charge in [0, 0.05) is 18.3 Å². The van der Waals surface area contributed by atoms with Crippen molar-refractivity contribution in [3.05, 3.63) is 41.8 Å². The third-order valence-corrected chi connectivity index (χ3v) is 3.07. The molecule has 1 atom stereocenters. The second-order valence-corrected chi connectivity index (χ2v) is 4.31. The van der Waals surface area contributed by atoms with Crippen LogP contribution in [0.5, 0.6) is 0 Å². The van der Waals surface area contributed by atoms with Crippen molar-refractivity contribution in [2.75, 3.05) is 11.9 Å². The minimum absolute atomic E-state index is 0.506. The highest BCUT2D eigenvalue weighted by molar-refractivity contribution is 5.86. The van der Waals surface area contributed by atoms with Crippen molar-refractivity contribution in [3.63, 3.8) is 0 Å². The molecule has 0 amide bonds. The first-order valence-corrected chi connectivity index (χ1v) is 6.27. The molecule has 1 heterocycles. The first-order chi connectivity index (χ1) is 8.85. The summed E-state index contributed by atoms with van der Waals surface area (Å²) >= 11 is 0. The predicted molar refractivity (Wildman–Crippen MR) is 74.2 cm³/mol.